The molecule has 0 saturated heterocycles. The third kappa shape index (κ3) is 2.28. The van der Waals surface area contributed by atoms with Gasteiger partial charge in [-0.25, -0.2) is 4.39 Å². The van der Waals surface area contributed by atoms with Crippen molar-refractivity contribution in [2.24, 2.45) is 5.41 Å². The molecule has 0 amide bonds. The smallest absolute Gasteiger partial charge is 0.129 e. The van der Waals surface area contributed by atoms with Gasteiger partial charge in [0.1, 0.15) is 5.82 Å². The topological polar surface area (TPSA) is 0 Å². The van der Waals surface area contributed by atoms with E-state index in [1.165, 1.54) is 12.8 Å². The van der Waals surface area contributed by atoms with Crippen molar-refractivity contribution in [3.63, 3.8) is 0 Å². The predicted molar refractivity (Wildman–Crippen MR) is 66.1 cm³/mol. The lowest BCUT2D eigenvalue weighted by molar-refractivity contribution is 0.222. The van der Waals surface area contributed by atoms with Gasteiger partial charge in [0.05, 0.1) is 0 Å². The number of halogens is 1. The molecule has 0 unspecified atom stereocenters. The van der Waals surface area contributed by atoms with Gasteiger partial charge in [-0.1, -0.05) is 32.0 Å². The summed E-state index contributed by atoms with van der Waals surface area (Å²) in [7, 11) is 0. The van der Waals surface area contributed by atoms with Gasteiger partial charge in [0.15, 0.2) is 0 Å². The number of aryl methyl sites for hydroxylation is 1. The number of hydrogen-bond acceptors (Lipinski definition) is 0. The third-order valence-corrected chi connectivity index (χ3v) is 4.00. The molecule has 1 aliphatic carbocycles. The molecule has 1 aromatic rings. The van der Waals surface area contributed by atoms with Crippen molar-refractivity contribution in [3.8, 4) is 0 Å². The Morgan fingerprint density at radius 3 is 2.44 bits per heavy atom. The van der Waals surface area contributed by atoms with Crippen LogP contribution in [0.15, 0.2) is 18.2 Å². The zero-order valence-electron chi connectivity index (χ0n) is 10.5. The summed E-state index contributed by atoms with van der Waals surface area (Å²) in [6.45, 7) is 6.48. The van der Waals surface area contributed by atoms with E-state index in [-0.39, 0.29) is 5.82 Å². The Hall–Kier alpha value is -0.850. The van der Waals surface area contributed by atoms with Gasteiger partial charge in [-0.05, 0) is 55.1 Å². The largest absolute Gasteiger partial charge is 0.206 e. The fourth-order valence-corrected chi connectivity index (χ4v) is 2.70. The molecule has 16 heavy (non-hydrogen) atoms. The first-order valence-electron chi connectivity index (χ1n) is 6.25. The second kappa shape index (κ2) is 4.20. The molecule has 1 saturated carbocycles. The van der Waals surface area contributed by atoms with Crippen LogP contribution in [0.2, 0.25) is 0 Å². The molecule has 0 radical (unpaired) electrons. The fraction of sp³-hybridized carbons (Fsp3) is 0.600. The van der Waals surface area contributed by atoms with Gasteiger partial charge in [0.25, 0.3) is 0 Å². The van der Waals surface area contributed by atoms with E-state index < -0.39 is 0 Å². The second-order valence-corrected chi connectivity index (χ2v) is 5.92. The van der Waals surface area contributed by atoms with Crippen LogP contribution in [0.1, 0.15) is 56.6 Å². The molecule has 88 valence electrons. The zero-order valence-corrected chi connectivity index (χ0v) is 10.5. The Labute approximate surface area is 97.9 Å². The van der Waals surface area contributed by atoms with Crippen molar-refractivity contribution >= 4 is 0 Å². The van der Waals surface area contributed by atoms with Crippen molar-refractivity contribution in [3.05, 3.63) is 35.1 Å². The Morgan fingerprint density at radius 1 is 1.19 bits per heavy atom. The maximum absolute atomic E-state index is 14.0. The summed E-state index contributed by atoms with van der Waals surface area (Å²) in [6.07, 6.45) is 4.69. The van der Waals surface area contributed by atoms with Crippen LogP contribution in [-0.4, -0.2) is 0 Å². The number of rotatable bonds is 1. The summed E-state index contributed by atoms with van der Waals surface area (Å²) in [5, 5.41) is 0. The van der Waals surface area contributed by atoms with E-state index in [4.69, 9.17) is 0 Å². The van der Waals surface area contributed by atoms with Gasteiger partial charge >= 0.3 is 0 Å². The quantitative estimate of drug-likeness (QED) is 0.636. The summed E-state index contributed by atoms with van der Waals surface area (Å²) in [6, 6.07) is 5.80. The average molecular weight is 220 g/mol. The number of hydrogen-bond donors (Lipinski definition) is 0. The van der Waals surface area contributed by atoms with Gasteiger partial charge in [0, 0.05) is 0 Å². The van der Waals surface area contributed by atoms with Crippen LogP contribution in [0.4, 0.5) is 4.39 Å². The van der Waals surface area contributed by atoms with Crippen molar-refractivity contribution in [2.75, 3.05) is 0 Å². The lowest BCUT2D eigenvalue weighted by Crippen LogP contribution is -2.20. The van der Waals surface area contributed by atoms with Crippen LogP contribution >= 0.6 is 0 Å². The van der Waals surface area contributed by atoms with Crippen molar-refractivity contribution in [2.45, 2.75) is 52.4 Å². The van der Waals surface area contributed by atoms with Crippen molar-refractivity contribution < 1.29 is 4.39 Å². The highest BCUT2D eigenvalue weighted by Gasteiger charge is 2.28. The van der Waals surface area contributed by atoms with Crippen LogP contribution in [0.25, 0.3) is 0 Å². The highest BCUT2D eigenvalue weighted by Crippen LogP contribution is 2.43. The molecule has 1 fully saturated rings. The Morgan fingerprint density at radius 2 is 1.81 bits per heavy atom. The van der Waals surface area contributed by atoms with Crippen molar-refractivity contribution in [1.82, 2.24) is 0 Å². The SMILES string of the molecule is Cc1cccc(C2CCC(C)(C)CC2)c1F. The molecule has 0 bridgehead atoms. The van der Waals surface area contributed by atoms with Crippen LogP contribution in [0.3, 0.4) is 0 Å². The molecular weight excluding hydrogens is 199 g/mol. The van der Waals surface area contributed by atoms with Crippen molar-refractivity contribution in [1.29, 1.82) is 0 Å². The van der Waals surface area contributed by atoms with E-state index >= 15 is 0 Å². The molecule has 0 heterocycles. The second-order valence-electron chi connectivity index (χ2n) is 5.92. The minimum atomic E-state index is 0.0206. The summed E-state index contributed by atoms with van der Waals surface area (Å²) in [4.78, 5) is 0. The van der Waals surface area contributed by atoms with Crippen LogP contribution < -0.4 is 0 Å². The number of benzene rings is 1. The highest BCUT2D eigenvalue weighted by atomic mass is 19.1. The van der Waals surface area contributed by atoms with Gasteiger partial charge < -0.3 is 0 Å². The zero-order chi connectivity index (χ0) is 11.8. The molecule has 0 spiro atoms. The Balaban J connectivity index is 2.17. The highest BCUT2D eigenvalue weighted by molar-refractivity contribution is 5.28. The molecule has 0 atom stereocenters. The lowest BCUT2D eigenvalue weighted by Gasteiger charge is -2.34. The van der Waals surface area contributed by atoms with Gasteiger partial charge in [-0.3, -0.25) is 0 Å². The first-order valence-corrected chi connectivity index (χ1v) is 6.25. The van der Waals surface area contributed by atoms with E-state index in [9.17, 15) is 4.39 Å². The molecule has 0 aromatic heterocycles. The molecule has 0 N–H and O–H groups in total. The first-order chi connectivity index (χ1) is 7.49. The summed E-state index contributed by atoms with van der Waals surface area (Å²) in [5.74, 6) is 0.458. The van der Waals surface area contributed by atoms with E-state index in [1.54, 1.807) is 0 Å². The Bertz CT molecular complexity index is 369. The maximum Gasteiger partial charge on any atom is 0.129 e. The monoisotopic (exact) mass is 220 g/mol. The minimum Gasteiger partial charge on any atom is -0.206 e. The van der Waals surface area contributed by atoms with Crippen LogP contribution in [0, 0.1) is 18.2 Å². The predicted octanol–water partition coefficient (Wildman–Crippen LogP) is 4.82. The Kier molecular flexibility index (Phi) is 3.05. The molecule has 0 nitrogen and oxygen atoms in total. The minimum absolute atomic E-state index is 0.0206. The van der Waals surface area contributed by atoms with Gasteiger partial charge in [-0.15, -0.1) is 0 Å². The van der Waals surface area contributed by atoms with E-state index in [0.29, 0.717) is 11.3 Å². The molecule has 1 heteroatoms. The van der Waals surface area contributed by atoms with E-state index in [2.05, 4.69) is 13.8 Å². The molecule has 1 aliphatic rings. The van der Waals surface area contributed by atoms with Crippen LogP contribution in [-0.2, 0) is 0 Å². The summed E-state index contributed by atoms with van der Waals surface area (Å²) in [5.41, 5.74) is 2.18. The first kappa shape index (κ1) is 11.6. The third-order valence-electron chi connectivity index (χ3n) is 4.00. The summed E-state index contributed by atoms with van der Waals surface area (Å²) < 4.78 is 14.0. The van der Waals surface area contributed by atoms with Gasteiger partial charge in [-0.2, -0.15) is 0 Å². The lowest BCUT2D eigenvalue weighted by atomic mass is 9.71. The molecule has 0 aliphatic heterocycles. The molecular formula is C15H21F. The van der Waals surface area contributed by atoms with E-state index in [1.807, 2.05) is 25.1 Å². The normalized spacial score (nSPS) is 21.0. The van der Waals surface area contributed by atoms with E-state index in [0.717, 1.165) is 24.0 Å². The molecule has 1 aromatic carbocycles. The average Bonchev–Trinajstić information content (AvgIpc) is 2.23. The maximum atomic E-state index is 14.0. The molecule has 2 rings (SSSR count). The van der Waals surface area contributed by atoms with Crippen LogP contribution in [0.5, 0.6) is 0 Å². The summed E-state index contributed by atoms with van der Waals surface area (Å²) >= 11 is 0. The fourth-order valence-electron chi connectivity index (χ4n) is 2.70. The standard InChI is InChI=1S/C15H21F/c1-11-5-4-6-13(14(11)16)12-7-9-15(2,3)10-8-12/h4-6,12H,7-10H2,1-3H3. The van der Waals surface area contributed by atoms with Gasteiger partial charge in [0.2, 0.25) is 0 Å².